The Hall–Kier alpha value is -3.02. The summed E-state index contributed by atoms with van der Waals surface area (Å²) in [4.78, 5) is 26.3. The van der Waals surface area contributed by atoms with Crippen LogP contribution in [0.4, 0.5) is 11.4 Å². The summed E-state index contributed by atoms with van der Waals surface area (Å²) < 4.78 is 10.5. The molecule has 2 aromatic rings. The van der Waals surface area contributed by atoms with E-state index in [1.54, 1.807) is 29.2 Å². The number of nitrogens with one attached hydrogen (secondary N) is 1. The molecule has 0 saturated carbocycles. The number of likely N-dealkylation sites (N-methyl/N-ethyl adjacent to an activating group) is 1. The van der Waals surface area contributed by atoms with E-state index in [1.165, 1.54) is 14.2 Å². The van der Waals surface area contributed by atoms with Crippen LogP contribution in [0.2, 0.25) is 0 Å². The van der Waals surface area contributed by atoms with Gasteiger partial charge in [-0.15, -0.1) is 0 Å². The SMILES string of the molecule is CCN1C(=O)Cc2cc(NC(=O)c3cccc(OC)c3OC)ccc21. The number of methoxy groups -OCH3 is 2. The van der Waals surface area contributed by atoms with Crippen LogP contribution in [0.3, 0.4) is 0 Å². The van der Waals surface area contributed by atoms with E-state index in [0.717, 1.165) is 11.3 Å². The van der Waals surface area contributed by atoms with Gasteiger partial charge in [0.05, 0.1) is 26.2 Å². The van der Waals surface area contributed by atoms with Gasteiger partial charge in [0, 0.05) is 17.9 Å². The van der Waals surface area contributed by atoms with Gasteiger partial charge >= 0.3 is 0 Å². The van der Waals surface area contributed by atoms with Gasteiger partial charge in [0.1, 0.15) is 0 Å². The molecule has 0 atom stereocenters. The molecule has 1 N–H and O–H groups in total. The summed E-state index contributed by atoms with van der Waals surface area (Å²) in [5, 5.41) is 2.86. The lowest BCUT2D eigenvalue weighted by Gasteiger charge is -2.15. The van der Waals surface area contributed by atoms with E-state index in [2.05, 4.69) is 5.32 Å². The lowest BCUT2D eigenvalue weighted by atomic mass is 10.1. The third kappa shape index (κ3) is 3.03. The Kier molecular flexibility index (Phi) is 4.61. The van der Waals surface area contributed by atoms with Crippen molar-refractivity contribution in [1.82, 2.24) is 0 Å². The number of rotatable bonds is 5. The Morgan fingerprint density at radius 1 is 1.20 bits per heavy atom. The zero-order valence-corrected chi connectivity index (χ0v) is 14.5. The summed E-state index contributed by atoms with van der Waals surface area (Å²) in [6, 6.07) is 10.6. The van der Waals surface area contributed by atoms with Gasteiger partial charge in [-0.2, -0.15) is 0 Å². The van der Waals surface area contributed by atoms with Crippen molar-refractivity contribution in [2.45, 2.75) is 13.3 Å². The topological polar surface area (TPSA) is 67.9 Å². The lowest BCUT2D eigenvalue weighted by Crippen LogP contribution is -2.25. The van der Waals surface area contributed by atoms with Crippen molar-refractivity contribution in [1.29, 1.82) is 0 Å². The van der Waals surface area contributed by atoms with E-state index in [4.69, 9.17) is 9.47 Å². The zero-order chi connectivity index (χ0) is 18.0. The Balaban J connectivity index is 1.86. The van der Waals surface area contributed by atoms with Crippen LogP contribution < -0.4 is 19.7 Å². The highest BCUT2D eigenvalue weighted by Gasteiger charge is 2.26. The number of nitrogens with zero attached hydrogens (tertiary/aromatic N) is 1. The Morgan fingerprint density at radius 3 is 2.68 bits per heavy atom. The smallest absolute Gasteiger partial charge is 0.259 e. The number of ether oxygens (including phenoxy) is 2. The quantitative estimate of drug-likeness (QED) is 0.909. The van der Waals surface area contributed by atoms with Crippen LogP contribution in [0.5, 0.6) is 11.5 Å². The fourth-order valence-electron chi connectivity index (χ4n) is 3.07. The van der Waals surface area contributed by atoms with Gasteiger partial charge in [0.25, 0.3) is 5.91 Å². The third-order valence-corrected chi connectivity index (χ3v) is 4.23. The number of fused-ring (bicyclic) bond motifs is 1. The highest BCUT2D eigenvalue weighted by atomic mass is 16.5. The molecule has 0 bridgehead atoms. The standard InChI is InChI=1S/C19H20N2O4/c1-4-21-15-9-8-13(10-12(15)11-17(21)22)20-19(23)14-6-5-7-16(24-2)18(14)25-3/h5-10H,4,11H2,1-3H3,(H,20,23). The van der Waals surface area contributed by atoms with E-state index >= 15 is 0 Å². The Labute approximate surface area is 146 Å². The van der Waals surface area contributed by atoms with Gasteiger partial charge < -0.3 is 19.7 Å². The maximum atomic E-state index is 12.6. The summed E-state index contributed by atoms with van der Waals surface area (Å²) in [5.41, 5.74) is 2.85. The minimum Gasteiger partial charge on any atom is -0.493 e. The van der Waals surface area contributed by atoms with Crippen LogP contribution >= 0.6 is 0 Å². The molecule has 0 spiro atoms. The molecule has 2 amide bonds. The molecule has 1 aliphatic rings. The molecular formula is C19H20N2O4. The molecule has 0 radical (unpaired) electrons. The number of anilines is 2. The Bertz CT molecular complexity index is 832. The van der Waals surface area contributed by atoms with Crippen molar-refractivity contribution in [2.24, 2.45) is 0 Å². The average Bonchev–Trinajstić information content (AvgIpc) is 2.94. The summed E-state index contributed by atoms with van der Waals surface area (Å²) >= 11 is 0. The first kappa shape index (κ1) is 16.8. The maximum absolute atomic E-state index is 12.6. The maximum Gasteiger partial charge on any atom is 0.259 e. The lowest BCUT2D eigenvalue weighted by molar-refractivity contribution is -0.117. The van der Waals surface area contributed by atoms with Gasteiger partial charge in [0.2, 0.25) is 5.91 Å². The first-order chi connectivity index (χ1) is 12.1. The average molecular weight is 340 g/mol. The summed E-state index contributed by atoms with van der Waals surface area (Å²) in [7, 11) is 3.02. The third-order valence-electron chi connectivity index (χ3n) is 4.23. The molecule has 25 heavy (non-hydrogen) atoms. The van der Waals surface area contributed by atoms with Gasteiger partial charge in [-0.1, -0.05) is 6.07 Å². The van der Waals surface area contributed by atoms with Crippen molar-refractivity contribution in [3.63, 3.8) is 0 Å². The van der Waals surface area contributed by atoms with Crippen LogP contribution in [0.1, 0.15) is 22.8 Å². The van der Waals surface area contributed by atoms with E-state index < -0.39 is 0 Å². The second-order valence-electron chi connectivity index (χ2n) is 5.65. The van der Waals surface area contributed by atoms with E-state index in [1.807, 2.05) is 19.1 Å². The predicted octanol–water partition coefficient (Wildman–Crippen LogP) is 2.87. The molecule has 0 aliphatic carbocycles. The first-order valence-electron chi connectivity index (χ1n) is 8.04. The molecule has 1 aliphatic heterocycles. The second kappa shape index (κ2) is 6.84. The van der Waals surface area contributed by atoms with Crippen LogP contribution in [0.15, 0.2) is 36.4 Å². The van der Waals surface area contributed by atoms with Crippen molar-refractivity contribution < 1.29 is 19.1 Å². The van der Waals surface area contributed by atoms with Gasteiger partial charge in [-0.3, -0.25) is 9.59 Å². The molecule has 2 aromatic carbocycles. The number of amides is 2. The molecule has 3 rings (SSSR count). The van der Waals surface area contributed by atoms with Crippen molar-refractivity contribution >= 4 is 23.2 Å². The fraction of sp³-hybridized carbons (Fsp3) is 0.263. The van der Waals surface area contributed by atoms with E-state index in [-0.39, 0.29) is 11.8 Å². The zero-order valence-electron chi connectivity index (χ0n) is 14.5. The number of para-hydroxylation sites is 1. The molecule has 0 saturated heterocycles. The molecule has 130 valence electrons. The van der Waals surface area contributed by atoms with Crippen molar-refractivity contribution in [3.05, 3.63) is 47.5 Å². The summed E-state index contributed by atoms with van der Waals surface area (Å²) in [5.74, 6) is 0.659. The minimum absolute atomic E-state index is 0.0791. The largest absolute Gasteiger partial charge is 0.493 e. The monoisotopic (exact) mass is 340 g/mol. The molecular weight excluding hydrogens is 320 g/mol. The highest BCUT2D eigenvalue weighted by molar-refractivity contribution is 6.07. The van der Waals surface area contributed by atoms with Crippen LogP contribution in [0, 0.1) is 0 Å². The summed E-state index contributed by atoms with van der Waals surface area (Å²) in [6.45, 7) is 2.58. The minimum atomic E-state index is -0.299. The molecule has 0 unspecified atom stereocenters. The van der Waals surface area contributed by atoms with E-state index in [0.29, 0.717) is 35.7 Å². The van der Waals surface area contributed by atoms with Crippen LogP contribution in [-0.2, 0) is 11.2 Å². The number of carbonyl (C=O) groups is 2. The number of hydrogen-bond acceptors (Lipinski definition) is 4. The number of hydrogen-bond donors (Lipinski definition) is 1. The van der Waals surface area contributed by atoms with Crippen molar-refractivity contribution in [2.75, 3.05) is 31.0 Å². The first-order valence-corrected chi connectivity index (χ1v) is 8.04. The molecule has 0 fully saturated rings. The van der Waals surface area contributed by atoms with Crippen molar-refractivity contribution in [3.8, 4) is 11.5 Å². The highest BCUT2D eigenvalue weighted by Crippen LogP contribution is 2.33. The molecule has 6 heteroatoms. The second-order valence-corrected chi connectivity index (χ2v) is 5.65. The molecule has 1 heterocycles. The summed E-state index contributed by atoms with van der Waals surface area (Å²) in [6.07, 6.45) is 0.357. The Morgan fingerprint density at radius 2 is 2.00 bits per heavy atom. The predicted molar refractivity (Wildman–Crippen MR) is 95.7 cm³/mol. The molecule has 6 nitrogen and oxygen atoms in total. The van der Waals surface area contributed by atoms with Gasteiger partial charge in [-0.05, 0) is 42.8 Å². The van der Waals surface area contributed by atoms with Crippen LogP contribution in [0.25, 0.3) is 0 Å². The number of carbonyl (C=O) groups excluding carboxylic acids is 2. The fourth-order valence-corrected chi connectivity index (χ4v) is 3.07. The molecule has 0 aromatic heterocycles. The van der Waals surface area contributed by atoms with Crippen LogP contribution in [-0.4, -0.2) is 32.6 Å². The number of benzene rings is 2. The normalized spacial score (nSPS) is 12.8. The van der Waals surface area contributed by atoms with Gasteiger partial charge in [0.15, 0.2) is 11.5 Å². The van der Waals surface area contributed by atoms with Gasteiger partial charge in [-0.25, -0.2) is 0 Å². The van der Waals surface area contributed by atoms with E-state index in [9.17, 15) is 9.59 Å².